The molecule has 2 aromatic carbocycles. The average Bonchev–Trinajstić information content (AvgIpc) is 2.51. The summed E-state index contributed by atoms with van der Waals surface area (Å²) < 4.78 is 38.1. The summed E-state index contributed by atoms with van der Waals surface area (Å²) >= 11 is 3.05. The van der Waals surface area contributed by atoms with Crippen molar-refractivity contribution in [3.63, 3.8) is 0 Å². The molecule has 0 aliphatic heterocycles. The van der Waals surface area contributed by atoms with Gasteiger partial charge in [0, 0.05) is 17.2 Å². The van der Waals surface area contributed by atoms with Gasteiger partial charge >= 0.3 is 6.18 Å². The Labute approximate surface area is 142 Å². The molecule has 5 nitrogen and oxygen atoms in total. The normalized spacial score (nSPS) is 11.7. The lowest BCUT2D eigenvalue weighted by Gasteiger charge is -2.07. The fourth-order valence-electron chi connectivity index (χ4n) is 1.73. The Morgan fingerprint density at radius 1 is 1.17 bits per heavy atom. The maximum absolute atomic E-state index is 12.6. The summed E-state index contributed by atoms with van der Waals surface area (Å²) in [5.74, 6) is -1.31. The maximum Gasteiger partial charge on any atom is 0.416 e. The van der Waals surface area contributed by atoms with E-state index in [2.05, 4.69) is 26.5 Å². The SMILES string of the molecule is O=C(N/N=C/c1cc(Br)c(O)cc1O)c1cccc(C(F)(F)F)c1. The van der Waals surface area contributed by atoms with E-state index < -0.39 is 17.6 Å². The van der Waals surface area contributed by atoms with Crippen molar-refractivity contribution in [1.82, 2.24) is 5.43 Å². The van der Waals surface area contributed by atoms with Gasteiger partial charge in [-0.25, -0.2) is 5.43 Å². The minimum atomic E-state index is -4.55. The standard InChI is InChI=1S/C15H10BrF3N2O3/c16-11-5-9(12(22)6-13(11)23)7-20-21-14(24)8-2-1-3-10(4-8)15(17,18)19/h1-7,22-23H,(H,21,24)/b20-7+. The highest BCUT2D eigenvalue weighted by molar-refractivity contribution is 9.10. The van der Waals surface area contributed by atoms with Crippen LogP contribution >= 0.6 is 15.9 Å². The second kappa shape index (κ2) is 6.91. The Balaban J connectivity index is 2.12. The number of alkyl halides is 3. The zero-order valence-electron chi connectivity index (χ0n) is 11.8. The summed E-state index contributed by atoms with van der Waals surface area (Å²) in [7, 11) is 0. The number of phenolic OH excluding ortho intramolecular Hbond substituents is 2. The topological polar surface area (TPSA) is 81.9 Å². The van der Waals surface area contributed by atoms with Crippen LogP contribution in [-0.2, 0) is 6.18 Å². The fraction of sp³-hybridized carbons (Fsp3) is 0.0667. The van der Waals surface area contributed by atoms with Crippen LogP contribution in [-0.4, -0.2) is 22.3 Å². The number of rotatable bonds is 3. The minimum Gasteiger partial charge on any atom is -0.507 e. The van der Waals surface area contributed by atoms with E-state index in [1.165, 1.54) is 12.1 Å². The van der Waals surface area contributed by atoms with Crippen molar-refractivity contribution in [3.8, 4) is 11.5 Å². The van der Waals surface area contributed by atoms with Gasteiger partial charge in [-0.1, -0.05) is 6.07 Å². The first kappa shape index (κ1) is 17.8. The molecule has 0 aliphatic rings. The summed E-state index contributed by atoms with van der Waals surface area (Å²) in [4.78, 5) is 11.8. The van der Waals surface area contributed by atoms with E-state index in [4.69, 9.17) is 0 Å². The van der Waals surface area contributed by atoms with Gasteiger partial charge in [0.05, 0.1) is 16.3 Å². The number of nitrogens with one attached hydrogen (secondary N) is 1. The third-order valence-electron chi connectivity index (χ3n) is 2.92. The van der Waals surface area contributed by atoms with E-state index in [9.17, 15) is 28.2 Å². The Morgan fingerprint density at radius 2 is 1.88 bits per heavy atom. The molecule has 9 heteroatoms. The van der Waals surface area contributed by atoms with Crippen LogP contribution in [0.2, 0.25) is 0 Å². The second-order valence-corrected chi connectivity index (χ2v) is 5.49. The van der Waals surface area contributed by atoms with Crippen LogP contribution in [0.1, 0.15) is 21.5 Å². The molecule has 0 bridgehead atoms. The molecule has 126 valence electrons. The average molecular weight is 403 g/mol. The number of benzene rings is 2. The molecule has 0 aliphatic carbocycles. The first-order chi connectivity index (χ1) is 11.2. The van der Waals surface area contributed by atoms with Crippen LogP contribution in [0.15, 0.2) is 46.0 Å². The first-order valence-electron chi connectivity index (χ1n) is 6.40. The van der Waals surface area contributed by atoms with E-state index in [-0.39, 0.29) is 22.6 Å². The number of nitrogens with zero attached hydrogens (tertiary/aromatic N) is 1. The molecule has 2 aromatic rings. The van der Waals surface area contributed by atoms with Crippen LogP contribution in [0.25, 0.3) is 0 Å². The molecular formula is C15H10BrF3N2O3. The molecule has 0 heterocycles. The van der Waals surface area contributed by atoms with Crippen LogP contribution in [0.5, 0.6) is 11.5 Å². The Hall–Kier alpha value is -2.55. The molecule has 0 fully saturated rings. The van der Waals surface area contributed by atoms with Gasteiger partial charge in [-0.05, 0) is 40.2 Å². The summed E-state index contributed by atoms with van der Waals surface area (Å²) in [6.45, 7) is 0. The lowest BCUT2D eigenvalue weighted by Crippen LogP contribution is -2.18. The molecule has 24 heavy (non-hydrogen) atoms. The number of hydrogen-bond acceptors (Lipinski definition) is 4. The molecule has 0 saturated heterocycles. The molecule has 0 unspecified atom stereocenters. The lowest BCUT2D eigenvalue weighted by molar-refractivity contribution is -0.137. The molecule has 0 atom stereocenters. The van der Waals surface area contributed by atoms with E-state index in [0.29, 0.717) is 10.5 Å². The quantitative estimate of drug-likeness (QED) is 0.541. The van der Waals surface area contributed by atoms with Gasteiger partial charge < -0.3 is 10.2 Å². The molecule has 3 N–H and O–H groups in total. The highest BCUT2D eigenvalue weighted by Gasteiger charge is 2.30. The smallest absolute Gasteiger partial charge is 0.416 e. The number of amides is 1. The van der Waals surface area contributed by atoms with Crippen molar-refractivity contribution in [2.24, 2.45) is 5.10 Å². The van der Waals surface area contributed by atoms with Gasteiger partial charge in [0.15, 0.2) is 0 Å². The van der Waals surface area contributed by atoms with Gasteiger partial charge in [-0.3, -0.25) is 4.79 Å². The Kier molecular flexibility index (Phi) is 5.13. The van der Waals surface area contributed by atoms with Gasteiger partial charge in [0.2, 0.25) is 0 Å². The van der Waals surface area contributed by atoms with E-state index in [1.54, 1.807) is 0 Å². The van der Waals surface area contributed by atoms with Crippen LogP contribution < -0.4 is 5.43 Å². The summed E-state index contributed by atoms with van der Waals surface area (Å²) in [5, 5.41) is 22.6. The molecule has 2 rings (SSSR count). The van der Waals surface area contributed by atoms with E-state index in [1.807, 2.05) is 0 Å². The monoisotopic (exact) mass is 402 g/mol. The van der Waals surface area contributed by atoms with E-state index in [0.717, 1.165) is 24.4 Å². The van der Waals surface area contributed by atoms with Crippen LogP contribution in [0.3, 0.4) is 0 Å². The zero-order valence-corrected chi connectivity index (χ0v) is 13.4. The van der Waals surface area contributed by atoms with Gasteiger partial charge in [0.25, 0.3) is 5.91 Å². The van der Waals surface area contributed by atoms with Crippen molar-refractivity contribution in [3.05, 3.63) is 57.6 Å². The van der Waals surface area contributed by atoms with Gasteiger partial charge in [-0.2, -0.15) is 18.3 Å². The number of hydrazone groups is 1. The fourth-order valence-corrected chi connectivity index (χ4v) is 2.09. The van der Waals surface area contributed by atoms with Crippen molar-refractivity contribution < 1.29 is 28.2 Å². The number of carbonyl (C=O) groups is 1. The highest BCUT2D eigenvalue weighted by atomic mass is 79.9. The van der Waals surface area contributed by atoms with Crippen molar-refractivity contribution >= 4 is 28.1 Å². The Bertz CT molecular complexity index is 807. The number of halogens is 4. The van der Waals surface area contributed by atoms with Gasteiger partial charge in [-0.15, -0.1) is 0 Å². The third-order valence-corrected chi connectivity index (χ3v) is 3.55. The first-order valence-corrected chi connectivity index (χ1v) is 7.20. The maximum atomic E-state index is 12.6. The summed E-state index contributed by atoms with van der Waals surface area (Å²) in [6.07, 6.45) is -3.46. The predicted octanol–water partition coefficient (Wildman–Crippen LogP) is 3.64. The van der Waals surface area contributed by atoms with Crippen molar-refractivity contribution in [1.29, 1.82) is 0 Å². The number of hydrogen-bond donors (Lipinski definition) is 3. The summed E-state index contributed by atoms with van der Waals surface area (Å²) in [5.41, 5.74) is 1.09. The molecule has 0 aromatic heterocycles. The van der Waals surface area contributed by atoms with E-state index >= 15 is 0 Å². The number of carbonyl (C=O) groups excluding carboxylic acids is 1. The predicted molar refractivity (Wildman–Crippen MR) is 84.0 cm³/mol. The molecular weight excluding hydrogens is 393 g/mol. The molecule has 0 saturated carbocycles. The second-order valence-electron chi connectivity index (χ2n) is 4.64. The number of aromatic hydroxyl groups is 2. The lowest BCUT2D eigenvalue weighted by atomic mass is 10.1. The Morgan fingerprint density at radius 3 is 2.54 bits per heavy atom. The largest absolute Gasteiger partial charge is 0.507 e. The van der Waals surface area contributed by atoms with Crippen LogP contribution in [0, 0.1) is 0 Å². The number of phenols is 2. The van der Waals surface area contributed by atoms with Crippen molar-refractivity contribution in [2.75, 3.05) is 0 Å². The highest BCUT2D eigenvalue weighted by Crippen LogP contribution is 2.30. The van der Waals surface area contributed by atoms with Gasteiger partial charge in [0.1, 0.15) is 11.5 Å². The molecule has 0 radical (unpaired) electrons. The third kappa shape index (κ3) is 4.25. The van der Waals surface area contributed by atoms with Crippen LogP contribution in [0.4, 0.5) is 13.2 Å². The minimum absolute atomic E-state index is 0.183. The molecule has 1 amide bonds. The summed E-state index contributed by atoms with van der Waals surface area (Å²) in [6, 6.07) is 6.31. The zero-order chi connectivity index (χ0) is 17.9. The van der Waals surface area contributed by atoms with Crippen molar-refractivity contribution in [2.45, 2.75) is 6.18 Å². The molecule has 0 spiro atoms.